The smallest absolute Gasteiger partial charge is 0.225 e. The highest BCUT2D eigenvalue weighted by Crippen LogP contribution is 2.26. The normalized spacial score (nSPS) is 17.3. The number of nitrogens with one attached hydrogen (secondary N) is 1. The van der Waals surface area contributed by atoms with Gasteiger partial charge in [0.2, 0.25) is 5.91 Å². The number of hydrogen-bond acceptors (Lipinski definition) is 3. The maximum absolute atomic E-state index is 12.3. The standard InChI is InChI=1S/C20H32N2O2/c1-5-24-17-11-9-16(10-12-17)18(22-13-7-6-8-14-22)15-21-19(23)20(2,3)4/h9-12,18H,5-8,13-15H2,1-4H3,(H,21,23). The zero-order chi connectivity index (χ0) is 17.6. The van der Waals surface area contributed by atoms with E-state index >= 15 is 0 Å². The number of hydrogen-bond donors (Lipinski definition) is 1. The molecule has 1 heterocycles. The summed E-state index contributed by atoms with van der Waals surface area (Å²) in [5, 5.41) is 3.15. The average molecular weight is 332 g/mol. The van der Waals surface area contributed by atoms with Crippen molar-refractivity contribution in [1.29, 1.82) is 0 Å². The van der Waals surface area contributed by atoms with Gasteiger partial charge in [-0.25, -0.2) is 0 Å². The van der Waals surface area contributed by atoms with Crippen LogP contribution in [0.3, 0.4) is 0 Å². The highest BCUT2D eigenvalue weighted by Gasteiger charge is 2.26. The zero-order valence-corrected chi connectivity index (χ0v) is 15.6. The fourth-order valence-corrected chi connectivity index (χ4v) is 3.10. The highest BCUT2D eigenvalue weighted by molar-refractivity contribution is 5.81. The Morgan fingerprint density at radius 3 is 2.33 bits per heavy atom. The van der Waals surface area contributed by atoms with Gasteiger partial charge in [0.25, 0.3) is 0 Å². The Labute approximate surface area is 146 Å². The summed E-state index contributed by atoms with van der Waals surface area (Å²) in [4.78, 5) is 14.8. The van der Waals surface area contributed by atoms with Gasteiger partial charge in [-0.1, -0.05) is 39.3 Å². The van der Waals surface area contributed by atoms with Gasteiger partial charge in [-0.3, -0.25) is 9.69 Å². The molecule has 0 aromatic heterocycles. The van der Waals surface area contributed by atoms with Gasteiger partial charge >= 0.3 is 0 Å². The minimum absolute atomic E-state index is 0.107. The first-order chi connectivity index (χ1) is 11.4. The molecular weight excluding hydrogens is 300 g/mol. The van der Waals surface area contributed by atoms with Crippen LogP contribution in [0.15, 0.2) is 24.3 Å². The molecule has 1 aromatic rings. The zero-order valence-electron chi connectivity index (χ0n) is 15.6. The van der Waals surface area contributed by atoms with Gasteiger partial charge in [-0.15, -0.1) is 0 Å². The number of amides is 1. The van der Waals surface area contributed by atoms with Gasteiger partial charge in [-0.05, 0) is 50.6 Å². The van der Waals surface area contributed by atoms with Crippen LogP contribution in [-0.4, -0.2) is 37.0 Å². The Balaban J connectivity index is 2.11. The highest BCUT2D eigenvalue weighted by atomic mass is 16.5. The molecule has 0 bridgehead atoms. The van der Waals surface area contributed by atoms with Gasteiger partial charge in [0, 0.05) is 12.0 Å². The molecule has 2 rings (SSSR count). The van der Waals surface area contributed by atoms with Crippen LogP contribution in [0, 0.1) is 5.41 Å². The third kappa shape index (κ3) is 5.23. The van der Waals surface area contributed by atoms with E-state index in [1.807, 2.05) is 39.8 Å². The first-order valence-electron chi connectivity index (χ1n) is 9.17. The van der Waals surface area contributed by atoms with Crippen molar-refractivity contribution >= 4 is 5.91 Å². The molecule has 24 heavy (non-hydrogen) atoms. The van der Waals surface area contributed by atoms with E-state index in [0.717, 1.165) is 18.8 Å². The van der Waals surface area contributed by atoms with E-state index in [1.54, 1.807) is 0 Å². The second kappa shape index (κ2) is 8.52. The molecule has 0 spiro atoms. The fourth-order valence-electron chi connectivity index (χ4n) is 3.10. The molecule has 1 atom stereocenters. The van der Waals surface area contributed by atoms with Crippen molar-refractivity contribution in [2.45, 2.75) is 53.0 Å². The molecule has 1 fully saturated rings. The summed E-state index contributed by atoms with van der Waals surface area (Å²) in [5.74, 6) is 1.01. The van der Waals surface area contributed by atoms with E-state index in [4.69, 9.17) is 4.74 Å². The molecule has 1 aliphatic rings. The first-order valence-corrected chi connectivity index (χ1v) is 9.17. The molecule has 0 saturated carbocycles. The van der Waals surface area contributed by atoms with Crippen molar-refractivity contribution in [2.75, 3.05) is 26.2 Å². The van der Waals surface area contributed by atoms with Crippen LogP contribution < -0.4 is 10.1 Å². The van der Waals surface area contributed by atoms with E-state index in [9.17, 15) is 4.79 Å². The van der Waals surface area contributed by atoms with Crippen LogP contribution in [0.1, 0.15) is 58.6 Å². The predicted octanol–water partition coefficient (Wildman–Crippen LogP) is 3.77. The molecule has 0 radical (unpaired) electrons. The Morgan fingerprint density at radius 2 is 1.79 bits per heavy atom. The van der Waals surface area contributed by atoms with E-state index in [0.29, 0.717) is 13.2 Å². The number of carbonyl (C=O) groups is 1. The second-order valence-corrected chi connectivity index (χ2v) is 7.57. The van der Waals surface area contributed by atoms with Gasteiger partial charge in [0.1, 0.15) is 5.75 Å². The number of benzene rings is 1. The molecule has 4 heteroatoms. The quantitative estimate of drug-likeness (QED) is 0.862. The molecule has 1 amide bonds. The van der Waals surface area contributed by atoms with Crippen molar-refractivity contribution in [2.24, 2.45) is 5.41 Å². The topological polar surface area (TPSA) is 41.6 Å². The molecule has 4 nitrogen and oxygen atoms in total. The van der Waals surface area contributed by atoms with Crippen molar-refractivity contribution in [1.82, 2.24) is 10.2 Å². The first kappa shape index (κ1) is 18.8. The summed E-state index contributed by atoms with van der Waals surface area (Å²) in [6, 6.07) is 8.55. The van der Waals surface area contributed by atoms with Crippen LogP contribution in [0.2, 0.25) is 0 Å². The summed E-state index contributed by atoms with van der Waals surface area (Å²) in [7, 11) is 0. The molecule has 1 aliphatic heterocycles. The molecular formula is C20H32N2O2. The van der Waals surface area contributed by atoms with E-state index in [-0.39, 0.29) is 17.4 Å². The fraction of sp³-hybridized carbons (Fsp3) is 0.650. The van der Waals surface area contributed by atoms with Crippen LogP contribution in [-0.2, 0) is 4.79 Å². The molecule has 1 aromatic carbocycles. The lowest BCUT2D eigenvalue weighted by molar-refractivity contribution is -0.128. The minimum atomic E-state index is -0.356. The number of nitrogens with zero attached hydrogens (tertiary/aromatic N) is 1. The molecule has 1 N–H and O–H groups in total. The largest absolute Gasteiger partial charge is 0.494 e. The van der Waals surface area contributed by atoms with Crippen molar-refractivity contribution in [3.8, 4) is 5.75 Å². The number of likely N-dealkylation sites (tertiary alicyclic amines) is 1. The van der Waals surface area contributed by atoms with Crippen LogP contribution >= 0.6 is 0 Å². The molecule has 1 unspecified atom stereocenters. The summed E-state index contributed by atoms with van der Waals surface area (Å²) in [5.41, 5.74) is 0.889. The van der Waals surface area contributed by atoms with Crippen LogP contribution in [0.5, 0.6) is 5.75 Å². The molecule has 0 aliphatic carbocycles. The summed E-state index contributed by atoms with van der Waals surface area (Å²) >= 11 is 0. The second-order valence-electron chi connectivity index (χ2n) is 7.57. The third-order valence-electron chi connectivity index (χ3n) is 4.54. The SMILES string of the molecule is CCOc1ccc(C(CNC(=O)C(C)(C)C)N2CCCCC2)cc1. The number of rotatable bonds is 6. The number of carbonyl (C=O) groups excluding carboxylic acids is 1. The number of ether oxygens (including phenoxy) is 1. The monoisotopic (exact) mass is 332 g/mol. The summed E-state index contributed by atoms with van der Waals surface area (Å²) in [6.45, 7) is 11.4. The number of piperidine rings is 1. The lowest BCUT2D eigenvalue weighted by Crippen LogP contribution is -2.43. The predicted molar refractivity (Wildman–Crippen MR) is 98.2 cm³/mol. The Hall–Kier alpha value is -1.55. The van der Waals surface area contributed by atoms with Gasteiger partial charge in [0.15, 0.2) is 0 Å². The molecule has 134 valence electrons. The van der Waals surface area contributed by atoms with E-state index < -0.39 is 0 Å². The Bertz CT molecular complexity index is 513. The van der Waals surface area contributed by atoms with Crippen molar-refractivity contribution in [3.05, 3.63) is 29.8 Å². The summed E-state index contributed by atoms with van der Waals surface area (Å²) in [6.07, 6.45) is 3.78. The maximum atomic E-state index is 12.3. The third-order valence-corrected chi connectivity index (χ3v) is 4.54. The van der Waals surface area contributed by atoms with Crippen LogP contribution in [0.4, 0.5) is 0 Å². The maximum Gasteiger partial charge on any atom is 0.225 e. The Kier molecular flexibility index (Phi) is 6.67. The Morgan fingerprint density at radius 1 is 1.17 bits per heavy atom. The van der Waals surface area contributed by atoms with Gasteiger partial charge in [0.05, 0.1) is 12.6 Å². The molecule has 1 saturated heterocycles. The summed E-state index contributed by atoms with van der Waals surface area (Å²) < 4.78 is 5.55. The van der Waals surface area contributed by atoms with E-state index in [1.165, 1.54) is 24.8 Å². The lowest BCUT2D eigenvalue weighted by atomic mass is 9.95. The van der Waals surface area contributed by atoms with Crippen molar-refractivity contribution in [3.63, 3.8) is 0 Å². The minimum Gasteiger partial charge on any atom is -0.494 e. The van der Waals surface area contributed by atoms with E-state index in [2.05, 4.69) is 22.3 Å². The van der Waals surface area contributed by atoms with Gasteiger partial charge in [-0.2, -0.15) is 0 Å². The average Bonchev–Trinajstić information content (AvgIpc) is 2.56. The van der Waals surface area contributed by atoms with Crippen LogP contribution in [0.25, 0.3) is 0 Å². The van der Waals surface area contributed by atoms with Gasteiger partial charge < -0.3 is 10.1 Å². The van der Waals surface area contributed by atoms with Crippen molar-refractivity contribution < 1.29 is 9.53 Å². The lowest BCUT2D eigenvalue weighted by Gasteiger charge is -2.35.